The van der Waals surface area contributed by atoms with E-state index in [4.69, 9.17) is 9.84 Å². The molecule has 1 unspecified atom stereocenters. The molecule has 0 spiro atoms. The molecule has 1 aromatic carbocycles. The molecule has 0 fully saturated rings. The Labute approximate surface area is 71.8 Å². The van der Waals surface area contributed by atoms with Gasteiger partial charge in [-0.25, -0.2) is 0 Å². The third kappa shape index (κ3) is 1.08. The minimum absolute atomic E-state index is 0.0654. The molecule has 0 bridgehead atoms. The Morgan fingerprint density at radius 3 is 3.17 bits per heavy atom. The lowest BCUT2D eigenvalue weighted by atomic mass is 10.1. The van der Waals surface area contributed by atoms with Crippen LogP contribution >= 0.6 is 0 Å². The van der Waals surface area contributed by atoms with Crippen LogP contribution in [0.4, 0.5) is 0 Å². The fraction of sp³-hybridized carbons (Fsp3) is 0.400. The highest BCUT2D eigenvalue weighted by molar-refractivity contribution is 5.44. The Bertz CT molecular complexity index is 294. The van der Waals surface area contributed by atoms with Crippen molar-refractivity contribution < 1.29 is 9.84 Å². The number of fused-ring (bicyclic) bond motifs is 1. The van der Waals surface area contributed by atoms with Crippen molar-refractivity contribution >= 4 is 0 Å². The number of ether oxygens (including phenoxy) is 1. The first-order chi connectivity index (χ1) is 5.81. The molecule has 0 saturated heterocycles. The molecule has 0 amide bonds. The van der Waals surface area contributed by atoms with Gasteiger partial charge in [0, 0.05) is 12.0 Å². The van der Waals surface area contributed by atoms with E-state index < -0.39 is 0 Å². The molecule has 12 heavy (non-hydrogen) atoms. The number of hydrogen-bond donors (Lipinski definition) is 1. The number of aliphatic hydroxyl groups excluding tert-OH is 1. The molecule has 1 atom stereocenters. The Balaban J connectivity index is 2.44. The molecule has 1 aliphatic heterocycles. The van der Waals surface area contributed by atoms with Crippen LogP contribution in [0.2, 0.25) is 0 Å². The van der Waals surface area contributed by atoms with E-state index in [1.807, 2.05) is 19.1 Å². The fourth-order valence-corrected chi connectivity index (χ4v) is 1.63. The molecular formula is C10H12O2. The maximum Gasteiger partial charge on any atom is 0.128 e. The van der Waals surface area contributed by atoms with Crippen LogP contribution in [0.3, 0.4) is 0 Å². The summed E-state index contributed by atoms with van der Waals surface area (Å²) in [6.07, 6.45) is 1.22. The standard InChI is InChI=1S/C10H12O2/c1-7-5-8-3-2-4-9(6-11)10(8)12-7/h2-4,7,11H,5-6H2,1H3. The zero-order chi connectivity index (χ0) is 8.55. The lowest BCUT2D eigenvalue weighted by Gasteiger charge is -2.06. The second-order valence-corrected chi connectivity index (χ2v) is 3.20. The zero-order valence-corrected chi connectivity index (χ0v) is 7.08. The number of hydrogen-bond acceptors (Lipinski definition) is 2. The van der Waals surface area contributed by atoms with Gasteiger partial charge in [-0.2, -0.15) is 0 Å². The van der Waals surface area contributed by atoms with Crippen LogP contribution in [0.25, 0.3) is 0 Å². The van der Waals surface area contributed by atoms with E-state index in [2.05, 4.69) is 6.07 Å². The summed E-state index contributed by atoms with van der Waals surface area (Å²) in [5, 5.41) is 9.01. The average molecular weight is 164 g/mol. The van der Waals surface area contributed by atoms with Gasteiger partial charge in [0.2, 0.25) is 0 Å². The molecular weight excluding hydrogens is 152 g/mol. The van der Waals surface area contributed by atoms with Gasteiger partial charge in [0.1, 0.15) is 11.9 Å². The molecule has 64 valence electrons. The van der Waals surface area contributed by atoms with Crippen LogP contribution in [0.1, 0.15) is 18.1 Å². The second kappa shape index (κ2) is 2.79. The van der Waals surface area contributed by atoms with Gasteiger partial charge in [0.15, 0.2) is 0 Å². The Morgan fingerprint density at radius 1 is 1.58 bits per heavy atom. The van der Waals surface area contributed by atoms with E-state index in [9.17, 15) is 0 Å². The number of aliphatic hydroxyl groups is 1. The first kappa shape index (κ1) is 7.62. The summed E-state index contributed by atoms with van der Waals surface area (Å²) in [7, 11) is 0. The van der Waals surface area contributed by atoms with E-state index in [-0.39, 0.29) is 12.7 Å². The molecule has 2 heteroatoms. The fourth-order valence-electron chi connectivity index (χ4n) is 1.63. The largest absolute Gasteiger partial charge is 0.490 e. The van der Waals surface area contributed by atoms with Gasteiger partial charge in [0.25, 0.3) is 0 Å². The van der Waals surface area contributed by atoms with Crippen LogP contribution in [0.15, 0.2) is 18.2 Å². The third-order valence-corrected chi connectivity index (χ3v) is 2.17. The van der Waals surface area contributed by atoms with Crippen molar-refractivity contribution in [2.45, 2.75) is 26.1 Å². The summed E-state index contributed by atoms with van der Waals surface area (Å²) < 4.78 is 5.57. The summed E-state index contributed by atoms with van der Waals surface area (Å²) in [6.45, 7) is 2.11. The molecule has 1 N–H and O–H groups in total. The summed E-state index contributed by atoms with van der Waals surface area (Å²) in [6, 6.07) is 5.92. The minimum Gasteiger partial charge on any atom is -0.490 e. The highest BCUT2D eigenvalue weighted by Crippen LogP contribution is 2.32. The Kier molecular flexibility index (Phi) is 1.77. The Morgan fingerprint density at radius 2 is 2.42 bits per heavy atom. The second-order valence-electron chi connectivity index (χ2n) is 3.20. The molecule has 1 heterocycles. The van der Waals surface area contributed by atoms with E-state index in [0.717, 1.165) is 17.7 Å². The highest BCUT2D eigenvalue weighted by atomic mass is 16.5. The monoisotopic (exact) mass is 164 g/mol. The summed E-state index contributed by atoms with van der Waals surface area (Å²) in [4.78, 5) is 0. The van der Waals surface area contributed by atoms with Gasteiger partial charge in [-0.3, -0.25) is 0 Å². The van der Waals surface area contributed by atoms with Crippen molar-refractivity contribution in [1.29, 1.82) is 0 Å². The van der Waals surface area contributed by atoms with Gasteiger partial charge in [-0.05, 0) is 12.5 Å². The maximum atomic E-state index is 9.01. The van der Waals surface area contributed by atoms with Crippen LogP contribution in [-0.2, 0) is 13.0 Å². The van der Waals surface area contributed by atoms with Crippen molar-refractivity contribution in [2.75, 3.05) is 0 Å². The zero-order valence-electron chi connectivity index (χ0n) is 7.08. The highest BCUT2D eigenvalue weighted by Gasteiger charge is 2.20. The molecule has 2 nitrogen and oxygen atoms in total. The van der Waals surface area contributed by atoms with Gasteiger partial charge in [-0.15, -0.1) is 0 Å². The molecule has 0 saturated carbocycles. The summed E-state index contributed by atoms with van der Waals surface area (Å²) >= 11 is 0. The number of benzene rings is 1. The van der Waals surface area contributed by atoms with Crippen LogP contribution in [0.5, 0.6) is 5.75 Å². The minimum atomic E-state index is 0.0654. The molecule has 1 aliphatic rings. The normalized spacial score (nSPS) is 20.3. The van der Waals surface area contributed by atoms with Crippen molar-refractivity contribution in [1.82, 2.24) is 0 Å². The van der Waals surface area contributed by atoms with Crippen molar-refractivity contribution in [3.05, 3.63) is 29.3 Å². The molecule has 2 rings (SSSR count). The van der Waals surface area contributed by atoms with E-state index >= 15 is 0 Å². The van der Waals surface area contributed by atoms with Crippen LogP contribution in [-0.4, -0.2) is 11.2 Å². The van der Waals surface area contributed by atoms with E-state index in [1.165, 1.54) is 5.56 Å². The van der Waals surface area contributed by atoms with Crippen molar-refractivity contribution in [3.63, 3.8) is 0 Å². The smallest absolute Gasteiger partial charge is 0.128 e. The quantitative estimate of drug-likeness (QED) is 0.681. The molecule has 1 aromatic rings. The van der Waals surface area contributed by atoms with Crippen LogP contribution < -0.4 is 4.74 Å². The summed E-state index contributed by atoms with van der Waals surface area (Å²) in [5.41, 5.74) is 2.12. The number of rotatable bonds is 1. The van der Waals surface area contributed by atoms with Gasteiger partial charge >= 0.3 is 0 Å². The third-order valence-electron chi connectivity index (χ3n) is 2.17. The predicted molar refractivity (Wildman–Crippen MR) is 46.2 cm³/mol. The Hall–Kier alpha value is -1.02. The average Bonchev–Trinajstić information content (AvgIpc) is 2.44. The molecule has 0 aliphatic carbocycles. The van der Waals surface area contributed by atoms with E-state index in [1.54, 1.807) is 0 Å². The van der Waals surface area contributed by atoms with Crippen LogP contribution in [0, 0.1) is 0 Å². The predicted octanol–water partition coefficient (Wildman–Crippen LogP) is 1.50. The molecule has 0 radical (unpaired) electrons. The lowest BCUT2D eigenvalue weighted by Crippen LogP contribution is -2.05. The van der Waals surface area contributed by atoms with Gasteiger partial charge in [0.05, 0.1) is 6.61 Å². The van der Waals surface area contributed by atoms with Gasteiger partial charge in [-0.1, -0.05) is 18.2 Å². The van der Waals surface area contributed by atoms with Gasteiger partial charge < -0.3 is 9.84 Å². The van der Waals surface area contributed by atoms with E-state index in [0.29, 0.717) is 0 Å². The number of para-hydroxylation sites is 1. The lowest BCUT2D eigenvalue weighted by molar-refractivity contribution is 0.237. The van der Waals surface area contributed by atoms with Crippen molar-refractivity contribution in [2.24, 2.45) is 0 Å². The summed E-state index contributed by atoms with van der Waals surface area (Å²) in [5.74, 6) is 0.896. The molecule has 0 aromatic heterocycles. The first-order valence-corrected chi connectivity index (χ1v) is 4.19. The first-order valence-electron chi connectivity index (χ1n) is 4.19. The topological polar surface area (TPSA) is 29.5 Å². The maximum absolute atomic E-state index is 9.01. The van der Waals surface area contributed by atoms with Crippen molar-refractivity contribution in [3.8, 4) is 5.75 Å². The SMILES string of the molecule is CC1Cc2cccc(CO)c2O1.